The van der Waals surface area contributed by atoms with Crippen LogP contribution < -0.4 is 5.32 Å². The Kier molecular flexibility index (Phi) is 5.26. The zero-order valence-electron chi connectivity index (χ0n) is 13.7. The molecule has 122 valence electrons. The SMILES string of the molecule is CC(C)(C)C(=O)NC1=C(C2(O)CCN(P)CC2)C=CCC=C1. The summed E-state index contributed by atoms with van der Waals surface area (Å²) in [7, 11) is 2.69. The fraction of sp³-hybridized carbons (Fsp3) is 0.588. The third kappa shape index (κ3) is 4.07. The van der Waals surface area contributed by atoms with Crippen LogP contribution >= 0.6 is 9.39 Å². The lowest BCUT2D eigenvalue weighted by Crippen LogP contribution is -2.44. The summed E-state index contributed by atoms with van der Waals surface area (Å²) in [5.41, 5.74) is 0.220. The van der Waals surface area contributed by atoms with E-state index < -0.39 is 11.0 Å². The maximum Gasteiger partial charge on any atom is 0.229 e. The van der Waals surface area contributed by atoms with Gasteiger partial charge in [0.25, 0.3) is 0 Å². The smallest absolute Gasteiger partial charge is 0.229 e. The van der Waals surface area contributed by atoms with Gasteiger partial charge in [-0.1, -0.05) is 48.4 Å². The van der Waals surface area contributed by atoms with E-state index in [0.29, 0.717) is 12.8 Å². The first-order valence-corrected chi connectivity index (χ1v) is 8.35. The molecule has 1 saturated heterocycles. The summed E-state index contributed by atoms with van der Waals surface area (Å²) in [4.78, 5) is 12.3. The van der Waals surface area contributed by atoms with E-state index in [1.165, 1.54) is 0 Å². The molecular weight excluding hydrogens is 295 g/mol. The number of nitrogens with one attached hydrogen (secondary N) is 1. The molecule has 2 aliphatic rings. The number of hydrogen-bond acceptors (Lipinski definition) is 3. The molecule has 0 spiro atoms. The summed E-state index contributed by atoms with van der Waals surface area (Å²) in [6, 6.07) is 0. The van der Waals surface area contributed by atoms with Crippen molar-refractivity contribution >= 4 is 15.3 Å². The van der Waals surface area contributed by atoms with Crippen LogP contribution in [0.3, 0.4) is 0 Å². The molecule has 4 nitrogen and oxygen atoms in total. The van der Waals surface area contributed by atoms with Crippen LogP contribution in [0.1, 0.15) is 40.0 Å². The van der Waals surface area contributed by atoms with E-state index in [-0.39, 0.29) is 5.91 Å². The predicted octanol–water partition coefficient (Wildman–Crippen LogP) is 2.54. The van der Waals surface area contributed by atoms with Crippen LogP contribution in [-0.4, -0.2) is 34.4 Å². The predicted molar refractivity (Wildman–Crippen MR) is 93.0 cm³/mol. The number of piperidine rings is 1. The highest BCUT2D eigenvalue weighted by Crippen LogP contribution is 2.34. The first kappa shape index (κ1) is 17.4. The molecular formula is C17H27N2O2P. The normalized spacial score (nSPS) is 22.6. The first-order valence-electron chi connectivity index (χ1n) is 7.84. The van der Waals surface area contributed by atoms with Crippen molar-refractivity contribution in [1.82, 2.24) is 9.99 Å². The molecule has 0 bridgehead atoms. The summed E-state index contributed by atoms with van der Waals surface area (Å²) in [5, 5.41) is 14.1. The number of carbonyl (C=O) groups excluding carboxylic acids is 1. The molecule has 0 radical (unpaired) electrons. The lowest BCUT2D eigenvalue weighted by molar-refractivity contribution is -0.127. The van der Waals surface area contributed by atoms with Gasteiger partial charge in [-0.3, -0.25) is 9.46 Å². The van der Waals surface area contributed by atoms with Crippen LogP contribution in [0.15, 0.2) is 35.6 Å². The van der Waals surface area contributed by atoms with Gasteiger partial charge < -0.3 is 10.4 Å². The van der Waals surface area contributed by atoms with Gasteiger partial charge in [0.1, 0.15) is 0 Å². The Hall–Kier alpha value is -0.960. The second-order valence-electron chi connectivity index (χ2n) is 7.14. The fourth-order valence-corrected chi connectivity index (χ4v) is 2.88. The quantitative estimate of drug-likeness (QED) is 0.768. The van der Waals surface area contributed by atoms with Crippen molar-refractivity contribution < 1.29 is 9.90 Å². The highest BCUT2D eigenvalue weighted by atomic mass is 31.0. The minimum absolute atomic E-state index is 0.0352. The number of aliphatic hydroxyl groups is 1. The van der Waals surface area contributed by atoms with Crippen LogP contribution in [0, 0.1) is 5.41 Å². The molecule has 1 aliphatic heterocycles. The average molecular weight is 322 g/mol. The lowest BCUT2D eigenvalue weighted by atomic mass is 9.83. The van der Waals surface area contributed by atoms with E-state index in [0.717, 1.165) is 30.8 Å². The monoisotopic (exact) mass is 322 g/mol. The van der Waals surface area contributed by atoms with E-state index in [4.69, 9.17) is 0 Å². The van der Waals surface area contributed by atoms with Gasteiger partial charge in [0.15, 0.2) is 0 Å². The van der Waals surface area contributed by atoms with E-state index in [9.17, 15) is 9.90 Å². The van der Waals surface area contributed by atoms with E-state index in [1.807, 2.05) is 45.1 Å². The molecule has 0 saturated carbocycles. The largest absolute Gasteiger partial charge is 0.385 e. The zero-order chi connectivity index (χ0) is 16.4. The Balaban J connectivity index is 2.33. The van der Waals surface area contributed by atoms with Crippen molar-refractivity contribution in [3.63, 3.8) is 0 Å². The Bertz CT molecular complexity index is 521. The van der Waals surface area contributed by atoms with Crippen molar-refractivity contribution in [2.24, 2.45) is 5.41 Å². The molecule has 0 aromatic heterocycles. The lowest BCUT2D eigenvalue weighted by Gasteiger charge is -2.38. The Morgan fingerprint density at radius 2 is 1.86 bits per heavy atom. The van der Waals surface area contributed by atoms with Gasteiger partial charge >= 0.3 is 0 Å². The second kappa shape index (κ2) is 6.66. The topological polar surface area (TPSA) is 52.6 Å². The van der Waals surface area contributed by atoms with Gasteiger partial charge in [0, 0.05) is 29.8 Å². The maximum atomic E-state index is 12.3. The molecule has 0 aromatic rings. The van der Waals surface area contributed by atoms with Crippen LogP contribution in [-0.2, 0) is 4.79 Å². The van der Waals surface area contributed by atoms with Gasteiger partial charge in [0.2, 0.25) is 5.91 Å². The van der Waals surface area contributed by atoms with E-state index in [1.54, 1.807) is 0 Å². The third-order valence-corrected chi connectivity index (χ3v) is 4.70. The summed E-state index contributed by atoms with van der Waals surface area (Å²) in [6.07, 6.45) is 10.1. The van der Waals surface area contributed by atoms with Crippen molar-refractivity contribution in [3.8, 4) is 0 Å². The van der Waals surface area contributed by atoms with Crippen molar-refractivity contribution in [2.75, 3.05) is 13.1 Å². The molecule has 22 heavy (non-hydrogen) atoms. The molecule has 2 rings (SSSR count). The minimum Gasteiger partial charge on any atom is -0.385 e. The highest BCUT2D eigenvalue weighted by molar-refractivity contribution is 7.13. The number of rotatable bonds is 2. The van der Waals surface area contributed by atoms with Crippen LogP contribution in [0.25, 0.3) is 0 Å². The molecule has 1 amide bonds. The minimum atomic E-state index is -0.876. The first-order chi connectivity index (χ1) is 10.2. The molecule has 1 atom stereocenters. The van der Waals surface area contributed by atoms with Gasteiger partial charge in [0.05, 0.1) is 5.60 Å². The van der Waals surface area contributed by atoms with Gasteiger partial charge in [-0.15, -0.1) is 0 Å². The molecule has 1 unspecified atom stereocenters. The molecule has 1 heterocycles. The molecule has 5 heteroatoms. The second-order valence-corrected chi connectivity index (χ2v) is 7.87. The summed E-state index contributed by atoms with van der Waals surface area (Å²) >= 11 is 0. The number of amides is 1. The molecule has 2 N–H and O–H groups in total. The Morgan fingerprint density at radius 1 is 1.27 bits per heavy atom. The average Bonchev–Trinajstić information content (AvgIpc) is 2.67. The molecule has 0 aromatic carbocycles. The third-order valence-electron chi connectivity index (χ3n) is 4.19. The van der Waals surface area contributed by atoms with Crippen molar-refractivity contribution in [1.29, 1.82) is 0 Å². The zero-order valence-corrected chi connectivity index (χ0v) is 14.9. The molecule has 1 aliphatic carbocycles. The molecule has 1 fully saturated rings. The van der Waals surface area contributed by atoms with Crippen LogP contribution in [0.4, 0.5) is 0 Å². The number of hydrogen-bond donors (Lipinski definition) is 2. The van der Waals surface area contributed by atoms with Gasteiger partial charge in [-0.05, 0) is 25.3 Å². The maximum absolute atomic E-state index is 12.3. The summed E-state index contributed by atoms with van der Waals surface area (Å²) in [5.74, 6) is -0.0352. The Labute approximate surface area is 135 Å². The summed E-state index contributed by atoms with van der Waals surface area (Å²) < 4.78 is 2.14. The van der Waals surface area contributed by atoms with Crippen molar-refractivity contribution in [2.45, 2.75) is 45.6 Å². The number of nitrogens with zero attached hydrogens (tertiary/aromatic N) is 1. The standard InChI is InChI=1S/C17H27N2O2P/c1-16(2,3)15(20)18-14-8-6-4-5-7-13(14)17(21)9-11-19(22)12-10-17/h5-8,21H,4,9-12,22H2,1-3H3,(H,18,20). The van der Waals surface area contributed by atoms with Gasteiger partial charge in [-0.2, -0.15) is 0 Å². The van der Waals surface area contributed by atoms with Gasteiger partial charge in [-0.25, -0.2) is 0 Å². The highest BCUT2D eigenvalue weighted by Gasteiger charge is 2.36. The Morgan fingerprint density at radius 3 is 2.45 bits per heavy atom. The van der Waals surface area contributed by atoms with E-state index >= 15 is 0 Å². The van der Waals surface area contributed by atoms with Crippen molar-refractivity contribution in [3.05, 3.63) is 35.6 Å². The number of allylic oxidation sites excluding steroid dienone is 3. The number of carbonyl (C=O) groups is 1. The van der Waals surface area contributed by atoms with E-state index in [2.05, 4.69) is 19.4 Å². The van der Waals surface area contributed by atoms with Crippen LogP contribution in [0.2, 0.25) is 0 Å². The fourth-order valence-electron chi connectivity index (χ4n) is 2.62. The summed E-state index contributed by atoms with van der Waals surface area (Å²) in [6.45, 7) is 7.31. The van der Waals surface area contributed by atoms with Crippen LogP contribution in [0.5, 0.6) is 0 Å².